The van der Waals surface area contributed by atoms with Crippen molar-refractivity contribution in [3.05, 3.63) is 59.0 Å². The van der Waals surface area contributed by atoms with Gasteiger partial charge in [-0.25, -0.2) is 0 Å². The Kier molecular flexibility index (Phi) is 4.20. The third-order valence-corrected chi connectivity index (χ3v) is 3.09. The molecule has 0 aliphatic carbocycles. The standard InChI is InChI=1S/C15H17N3O2/c1-2-14(18-9-7-11(19)8-10-18)15(20)17-13-6-4-3-5-12(13)16/h3-10,14H,2,16H2,1H3,(H,17,20). The monoisotopic (exact) mass is 271 g/mol. The molecule has 2 rings (SSSR count). The predicted octanol–water partition coefficient (Wildman–Crippen LogP) is 2.02. The van der Waals surface area contributed by atoms with Gasteiger partial charge in [-0.1, -0.05) is 19.1 Å². The molecule has 0 saturated carbocycles. The van der Waals surface area contributed by atoms with Crippen LogP contribution >= 0.6 is 0 Å². The largest absolute Gasteiger partial charge is 0.397 e. The summed E-state index contributed by atoms with van der Waals surface area (Å²) >= 11 is 0. The minimum atomic E-state index is -0.379. The van der Waals surface area contributed by atoms with Crippen LogP contribution in [0.15, 0.2) is 53.6 Å². The normalized spacial score (nSPS) is 11.8. The lowest BCUT2D eigenvalue weighted by Gasteiger charge is -2.18. The van der Waals surface area contributed by atoms with E-state index in [1.54, 1.807) is 29.1 Å². The molecule has 2 aromatic rings. The maximum Gasteiger partial charge on any atom is 0.247 e. The number of benzene rings is 1. The van der Waals surface area contributed by atoms with Gasteiger partial charge in [0.05, 0.1) is 11.4 Å². The molecule has 1 aromatic carbocycles. The number of carbonyl (C=O) groups is 1. The molecule has 104 valence electrons. The summed E-state index contributed by atoms with van der Waals surface area (Å²) in [5.74, 6) is -0.158. The molecular weight excluding hydrogens is 254 g/mol. The fourth-order valence-electron chi connectivity index (χ4n) is 1.99. The van der Waals surface area contributed by atoms with E-state index in [-0.39, 0.29) is 17.4 Å². The number of nitrogen functional groups attached to an aromatic ring is 1. The third kappa shape index (κ3) is 3.06. The average Bonchev–Trinajstić information content (AvgIpc) is 2.44. The van der Waals surface area contributed by atoms with Crippen LogP contribution in [0.2, 0.25) is 0 Å². The summed E-state index contributed by atoms with van der Waals surface area (Å²) in [6.07, 6.45) is 3.84. The smallest absolute Gasteiger partial charge is 0.247 e. The molecule has 1 atom stereocenters. The Morgan fingerprint density at radius 1 is 1.25 bits per heavy atom. The molecule has 20 heavy (non-hydrogen) atoms. The van der Waals surface area contributed by atoms with E-state index in [0.29, 0.717) is 17.8 Å². The number of aromatic nitrogens is 1. The molecule has 1 heterocycles. The van der Waals surface area contributed by atoms with Crippen LogP contribution in [-0.2, 0) is 4.79 Å². The minimum absolute atomic E-state index is 0.0798. The first-order valence-corrected chi connectivity index (χ1v) is 6.45. The van der Waals surface area contributed by atoms with Gasteiger partial charge in [-0.2, -0.15) is 0 Å². The summed E-state index contributed by atoms with van der Waals surface area (Å²) in [4.78, 5) is 23.4. The molecule has 0 saturated heterocycles. The number of hydrogen-bond acceptors (Lipinski definition) is 3. The predicted molar refractivity (Wildman–Crippen MR) is 79.5 cm³/mol. The van der Waals surface area contributed by atoms with Crippen LogP contribution in [0.1, 0.15) is 19.4 Å². The van der Waals surface area contributed by atoms with Gasteiger partial charge in [0, 0.05) is 24.5 Å². The fourth-order valence-corrected chi connectivity index (χ4v) is 1.99. The Morgan fingerprint density at radius 3 is 2.50 bits per heavy atom. The van der Waals surface area contributed by atoms with Gasteiger partial charge in [0.25, 0.3) is 0 Å². The summed E-state index contributed by atoms with van der Waals surface area (Å²) in [6.45, 7) is 1.91. The van der Waals surface area contributed by atoms with Crippen molar-refractivity contribution in [2.75, 3.05) is 11.1 Å². The second-order valence-corrected chi connectivity index (χ2v) is 4.48. The van der Waals surface area contributed by atoms with E-state index >= 15 is 0 Å². The van der Waals surface area contributed by atoms with Crippen molar-refractivity contribution in [2.24, 2.45) is 0 Å². The third-order valence-electron chi connectivity index (χ3n) is 3.09. The molecule has 0 bridgehead atoms. The van der Waals surface area contributed by atoms with E-state index in [1.165, 1.54) is 12.1 Å². The first-order chi connectivity index (χ1) is 9.61. The first-order valence-electron chi connectivity index (χ1n) is 6.45. The second-order valence-electron chi connectivity index (χ2n) is 4.48. The molecule has 3 N–H and O–H groups in total. The Hall–Kier alpha value is -2.56. The highest BCUT2D eigenvalue weighted by Gasteiger charge is 2.17. The van der Waals surface area contributed by atoms with Gasteiger partial charge in [0.15, 0.2) is 5.43 Å². The maximum absolute atomic E-state index is 12.3. The number of para-hydroxylation sites is 2. The van der Waals surface area contributed by atoms with Gasteiger partial charge >= 0.3 is 0 Å². The zero-order chi connectivity index (χ0) is 14.5. The molecule has 0 fully saturated rings. The number of carbonyl (C=O) groups excluding carboxylic acids is 1. The van der Waals surface area contributed by atoms with Crippen molar-refractivity contribution < 1.29 is 4.79 Å². The Bertz CT molecular complexity index is 644. The van der Waals surface area contributed by atoms with Crippen LogP contribution in [0.25, 0.3) is 0 Å². The summed E-state index contributed by atoms with van der Waals surface area (Å²) in [6, 6.07) is 9.60. The van der Waals surface area contributed by atoms with E-state index in [4.69, 9.17) is 5.73 Å². The van der Waals surface area contributed by atoms with Gasteiger partial charge in [-0.05, 0) is 18.6 Å². The van der Waals surface area contributed by atoms with E-state index in [1.807, 2.05) is 19.1 Å². The van der Waals surface area contributed by atoms with Crippen LogP contribution in [0.5, 0.6) is 0 Å². The molecular formula is C15H17N3O2. The van der Waals surface area contributed by atoms with Crippen molar-refractivity contribution in [3.63, 3.8) is 0 Å². The lowest BCUT2D eigenvalue weighted by atomic mass is 10.2. The van der Waals surface area contributed by atoms with Crippen LogP contribution in [-0.4, -0.2) is 10.5 Å². The van der Waals surface area contributed by atoms with E-state index in [0.717, 1.165) is 0 Å². The SMILES string of the molecule is CCC(C(=O)Nc1ccccc1N)n1ccc(=O)cc1. The summed E-state index contributed by atoms with van der Waals surface area (Å²) in [5.41, 5.74) is 6.84. The highest BCUT2D eigenvalue weighted by Crippen LogP contribution is 2.20. The Labute approximate surface area is 117 Å². The minimum Gasteiger partial charge on any atom is -0.397 e. The number of amides is 1. The molecule has 0 spiro atoms. The fraction of sp³-hybridized carbons (Fsp3) is 0.200. The number of rotatable bonds is 4. The number of anilines is 2. The van der Waals surface area contributed by atoms with Crippen molar-refractivity contribution in [3.8, 4) is 0 Å². The number of nitrogens with zero attached hydrogens (tertiary/aromatic N) is 1. The molecule has 5 nitrogen and oxygen atoms in total. The van der Waals surface area contributed by atoms with E-state index < -0.39 is 0 Å². The molecule has 1 unspecified atom stereocenters. The van der Waals surface area contributed by atoms with Gasteiger partial charge in [0.1, 0.15) is 6.04 Å². The van der Waals surface area contributed by atoms with Gasteiger partial charge in [-0.3, -0.25) is 9.59 Å². The molecule has 0 aliphatic rings. The van der Waals surface area contributed by atoms with Crippen LogP contribution in [0, 0.1) is 0 Å². The second kappa shape index (κ2) is 6.06. The highest BCUT2D eigenvalue weighted by molar-refractivity contribution is 5.96. The number of nitrogens with two attached hydrogens (primary N) is 1. The zero-order valence-corrected chi connectivity index (χ0v) is 11.2. The van der Waals surface area contributed by atoms with Crippen molar-refractivity contribution >= 4 is 17.3 Å². The molecule has 1 amide bonds. The zero-order valence-electron chi connectivity index (χ0n) is 11.2. The van der Waals surface area contributed by atoms with Crippen LogP contribution < -0.4 is 16.5 Å². The topological polar surface area (TPSA) is 77.1 Å². The van der Waals surface area contributed by atoms with Crippen LogP contribution in [0.3, 0.4) is 0 Å². The average molecular weight is 271 g/mol. The van der Waals surface area contributed by atoms with Crippen molar-refractivity contribution in [2.45, 2.75) is 19.4 Å². The number of hydrogen-bond donors (Lipinski definition) is 2. The van der Waals surface area contributed by atoms with Gasteiger partial charge < -0.3 is 15.6 Å². The number of nitrogens with one attached hydrogen (secondary N) is 1. The maximum atomic E-state index is 12.3. The van der Waals surface area contributed by atoms with Gasteiger partial charge in [-0.15, -0.1) is 0 Å². The molecule has 1 aromatic heterocycles. The Balaban J connectivity index is 2.20. The molecule has 0 aliphatic heterocycles. The van der Waals surface area contributed by atoms with Crippen LogP contribution in [0.4, 0.5) is 11.4 Å². The highest BCUT2D eigenvalue weighted by atomic mass is 16.2. The lowest BCUT2D eigenvalue weighted by molar-refractivity contribution is -0.119. The van der Waals surface area contributed by atoms with Crippen molar-refractivity contribution in [1.29, 1.82) is 0 Å². The summed E-state index contributed by atoms with van der Waals surface area (Å²) in [7, 11) is 0. The van der Waals surface area contributed by atoms with E-state index in [2.05, 4.69) is 5.32 Å². The lowest BCUT2D eigenvalue weighted by Crippen LogP contribution is -2.26. The summed E-state index contributed by atoms with van der Waals surface area (Å²) in [5, 5.41) is 2.81. The summed E-state index contributed by atoms with van der Waals surface area (Å²) < 4.78 is 1.72. The Morgan fingerprint density at radius 2 is 1.90 bits per heavy atom. The van der Waals surface area contributed by atoms with Crippen molar-refractivity contribution in [1.82, 2.24) is 4.57 Å². The molecule has 5 heteroatoms. The quantitative estimate of drug-likeness (QED) is 0.835. The van der Waals surface area contributed by atoms with E-state index in [9.17, 15) is 9.59 Å². The first kappa shape index (κ1) is 13.9. The van der Waals surface area contributed by atoms with Gasteiger partial charge in [0.2, 0.25) is 5.91 Å². The molecule has 0 radical (unpaired) electrons. The number of pyridine rings is 1.